The van der Waals surface area contributed by atoms with Crippen LogP contribution in [0.4, 0.5) is 4.39 Å². The molecular formula is C13H17ClFN3. The van der Waals surface area contributed by atoms with Crippen LogP contribution in [0.3, 0.4) is 0 Å². The molecule has 0 aliphatic carbocycles. The smallest absolute Gasteiger partial charge is 0.192 e. The number of aliphatic imine (C=N–C) groups is 1. The first-order valence-corrected chi connectivity index (χ1v) is 6.46. The first-order chi connectivity index (χ1) is 8.56. The van der Waals surface area contributed by atoms with Gasteiger partial charge in [0, 0.05) is 16.6 Å². The molecule has 0 radical (unpaired) electrons. The molecule has 98 valence electrons. The Morgan fingerprint density at radius 2 is 2.33 bits per heavy atom. The molecule has 1 heterocycles. The number of benzene rings is 1. The fourth-order valence-corrected chi connectivity index (χ4v) is 2.59. The molecule has 0 saturated heterocycles. The summed E-state index contributed by atoms with van der Waals surface area (Å²) >= 11 is 6.11. The Morgan fingerprint density at radius 3 is 2.94 bits per heavy atom. The topological polar surface area (TPSA) is 41.6 Å². The molecule has 2 atom stereocenters. The number of hydrogen-bond acceptors (Lipinski definition) is 3. The van der Waals surface area contributed by atoms with Crippen LogP contribution < -0.4 is 5.73 Å². The van der Waals surface area contributed by atoms with Crippen molar-refractivity contribution in [3.8, 4) is 0 Å². The predicted octanol–water partition coefficient (Wildman–Crippen LogP) is 2.95. The van der Waals surface area contributed by atoms with E-state index < -0.39 is 0 Å². The van der Waals surface area contributed by atoms with Crippen molar-refractivity contribution in [2.24, 2.45) is 10.7 Å². The number of nitrogens with zero attached hydrogens (tertiary/aromatic N) is 2. The highest BCUT2D eigenvalue weighted by atomic mass is 35.5. The third-order valence-electron chi connectivity index (χ3n) is 3.43. The van der Waals surface area contributed by atoms with Crippen molar-refractivity contribution in [2.75, 3.05) is 6.54 Å². The third kappa shape index (κ3) is 2.17. The van der Waals surface area contributed by atoms with E-state index in [1.54, 1.807) is 12.1 Å². The van der Waals surface area contributed by atoms with Crippen LogP contribution in [-0.2, 0) is 0 Å². The number of nitrogens with two attached hydrogens (primary N) is 1. The molecule has 2 N–H and O–H groups in total. The highest BCUT2D eigenvalue weighted by Crippen LogP contribution is 2.34. The molecule has 1 aliphatic heterocycles. The summed E-state index contributed by atoms with van der Waals surface area (Å²) in [6.45, 7) is 4.57. The fourth-order valence-electron chi connectivity index (χ4n) is 2.30. The average Bonchev–Trinajstić information content (AvgIpc) is 2.70. The number of hydrogen-bond donors (Lipinski definition) is 1. The van der Waals surface area contributed by atoms with Gasteiger partial charge < -0.3 is 10.6 Å². The fraction of sp³-hybridized carbons (Fsp3) is 0.462. The van der Waals surface area contributed by atoms with E-state index in [0.717, 1.165) is 6.42 Å². The Bertz CT molecular complexity index is 455. The Balaban J connectivity index is 2.39. The Kier molecular flexibility index (Phi) is 3.76. The minimum absolute atomic E-state index is 0.200. The maximum absolute atomic E-state index is 14.0. The minimum Gasteiger partial charge on any atom is -0.370 e. The van der Waals surface area contributed by atoms with E-state index in [1.165, 1.54) is 6.07 Å². The predicted molar refractivity (Wildman–Crippen MR) is 72.2 cm³/mol. The molecule has 3 nitrogen and oxygen atoms in total. The van der Waals surface area contributed by atoms with E-state index >= 15 is 0 Å². The molecule has 1 aromatic carbocycles. The lowest BCUT2D eigenvalue weighted by atomic mass is 10.0. The average molecular weight is 270 g/mol. The van der Waals surface area contributed by atoms with Crippen molar-refractivity contribution in [1.82, 2.24) is 4.90 Å². The van der Waals surface area contributed by atoms with Gasteiger partial charge in [-0.2, -0.15) is 0 Å². The van der Waals surface area contributed by atoms with Crippen molar-refractivity contribution < 1.29 is 4.39 Å². The molecule has 0 spiro atoms. The zero-order valence-electron chi connectivity index (χ0n) is 10.5. The van der Waals surface area contributed by atoms with Crippen molar-refractivity contribution >= 4 is 17.6 Å². The van der Waals surface area contributed by atoms with Crippen molar-refractivity contribution in [3.63, 3.8) is 0 Å². The van der Waals surface area contributed by atoms with Crippen LogP contribution in [0.15, 0.2) is 23.2 Å². The summed E-state index contributed by atoms with van der Waals surface area (Å²) in [4.78, 5) is 6.17. The Hall–Kier alpha value is -1.29. The largest absolute Gasteiger partial charge is 0.370 e. The molecule has 1 aromatic rings. The van der Waals surface area contributed by atoms with Gasteiger partial charge in [0.2, 0.25) is 0 Å². The van der Waals surface area contributed by atoms with Gasteiger partial charge in [-0.3, -0.25) is 4.99 Å². The minimum atomic E-state index is -0.300. The standard InChI is InChI=1S/C13H17ClFN3/c1-3-8(2)18-11(7-17-13(18)16)12-9(14)5-4-6-10(12)15/h4-6,8,11H,3,7H2,1-2H3,(H2,16,17). The van der Waals surface area contributed by atoms with Gasteiger partial charge >= 0.3 is 0 Å². The van der Waals surface area contributed by atoms with E-state index in [4.69, 9.17) is 17.3 Å². The SMILES string of the molecule is CCC(C)N1C(N)=NCC1c1c(F)cccc1Cl. The first-order valence-electron chi connectivity index (χ1n) is 6.08. The van der Waals surface area contributed by atoms with Crippen molar-refractivity contribution in [1.29, 1.82) is 0 Å². The lowest BCUT2D eigenvalue weighted by Gasteiger charge is -2.32. The third-order valence-corrected chi connectivity index (χ3v) is 3.75. The molecule has 5 heteroatoms. The highest BCUT2D eigenvalue weighted by molar-refractivity contribution is 6.31. The van der Waals surface area contributed by atoms with Crippen LogP contribution in [0.2, 0.25) is 5.02 Å². The van der Waals surface area contributed by atoms with Gasteiger partial charge in [-0.25, -0.2) is 4.39 Å². The summed E-state index contributed by atoms with van der Waals surface area (Å²) < 4.78 is 14.0. The van der Waals surface area contributed by atoms with Gasteiger partial charge in [-0.15, -0.1) is 0 Å². The summed E-state index contributed by atoms with van der Waals surface area (Å²) in [5.74, 6) is 0.166. The van der Waals surface area contributed by atoms with Gasteiger partial charge in [0.05, 0.1) is 12.6 Å². The second-order valence-electron chi connectivity index (χ2n) is 4.51. The van der Waals surface area contributed by atoms with E-state index in [0.29, 0.717) is 23.1 Å². The molecular weight excluding hydrogens is 253 g/mol. The second-order valence-corrected chi connectivity index (χ2v) is 4.92. The summed E-state index contributed by atoms with van der Waals surface area (Å²) in [6, 6.07) is 4.73. The number of rotatable bonds is 3. The molecule has 0 bridgehead atoms. The lowest BCUT2D eigenvalue weighted by Crippen LogP contribution is -2.42. The maximum atomic E-state index is 14.0. The number of halogens is 2. The molecule has 2 unspecified atom stereocenters. The Morgan fingerprint density at radius 1 is 1.61 bits per heavy atom. The van der Waals surface area contributed by atoms with E-state index in [2.05, 4.69) is 18.8 Å². The van der Waals surface area contributed by atoms with Crippen molar-refractivity contribution in [2.45, 2.75) is 32.4 Å². The van der Waals surface area contributed by atoms with Crippen molar-refractivity contribution in [3.05, 3.63) is 34.6 Å². The molecule has 1 aliphatic rings. The van der Waals surface area contributed by atoms with Crippen LogP contribution in [0.1, 0.15) is 31.9 Å². The van der Waals surface area contributed by atoms with Crippen LogP contribution in [0.5, 0.6) is 0 Å². The summed E-state index contributed by atoms with van der Waals surface area (Å²) in [7, 11) is 0. The molecule has 0 saturated carbocycles. The number of guanidine groups is 1. The zero-order valence-corrected chi connectivity index (χ0v) is 11.3. The van der Waals surface area contributed by atoms with Gasteiger partial charge in [-0.1, -0.05) is 24.6 Å². The first kappa shape index (κ1) is 13.1. The van der Waals surface area contributed by atoms with Gasteiger partial charge in [0.15, 0.2) is 5.96 Å². The van der Waals surface area contributed by atoms with Crippen LogP contribution >= 0.6 is 11.6 Å². The van der Waals surface area contributed by atoms with Gasteiger partial charge in [-0.05, 0) is 25.5 Å². The highest BCUT2D eigenvalue weighted by Gasteiger charge is 2.33. The van der Waals surface area contributed by atoms with Gasteiger partial charge in [0.25, 0.3) is 0 Å². The molecule has 2 rings (SSSR count). The summed E-state index contributed by atoms with van der Waals surface area (Å²) in [5, 5.41) is 0.429. The summed E-state index contributed by atoms with van der Waals surface area (Å²) in [6.07, 6.45) is 0.915. The Labute approximate surface area is 111 Å². The summed E-state index contributed by atoms with van der Waals surface area (Å²) in [5.41, 5.74) is 6.38. The van der Waals surface area contributed by atoms with E-state index in [-0.39, 0.29) is 17.9 Å². The quantitative estimate of drug-likeness (QED) is 0.917. The maximum Gasteiger partial charge on any atom is 0.192 e. The normalized spacial score (nSPS) is 21.0. The monoisotopic (exact) mass is 269 g/mol. The van der Waals surface area contributed by atoms with E-state index in [1.807, 2.05) is 4.90 Å². The lowest BCUT2D eigenvalue weighted by molar-refractivity contribution is 0.263. The van der Waals surface area contributed by atoms with Crippen LogP contribution in [0.25, 0.3) is 0 Å². The molecule has 0 amide bonds. The van der Waals surface area contributed by atoms with Crippen LogP contribution in [-0.4, -0.2) is 23.4 Å². The second kappa shape index (κ2) is 5.14. The van der Waals surface area contributed by atoms with Gasteiger partial charge in [0.1, 0.15) is 5.82 Å². The zero-order chi connectivity index (χ0) is 13.3. The molecule has 0 fully saturated rings. The molecule has 0 aromatic heterocycles. The molecule has 18 heavy (non-hydrogen) atoms. The van der Waals surface area contributed by atoms with E-state index in [9.17, 15) is 4.39 Å². The van der Waals surface area contributed by atoms with Crippen LogP contribution in [0, 0.1) is 5.82 Å².